The summed E-state index contributed by atoms with van der Waals surface area (Å²) in [7, 11) is 0. The van der Waals surface area contributed by atoms with Gasteiger partial charge < -0.3 is 5.32 Å². The molecule has 3 rings (SSSR count). The van der Waals surface area contributed by atoms with Gasteiger partial charge in [-0.05, 0) is 36.8 Å². The van der Waals surface area contributed by atoms with Crippen LogP contribution < -0.4 is 5.32 Å². The largest absolute Gasteiger partial charge is 0.319 e. The van der Waals surface area contributed by atoms with E-state index >= 15 is 0 Å². The van der Waals surface area contributed by atoms with Gasteiger partial charge in [0.25, 0.3) is 5.91 Å². The SMILES string of the molecule is Cc1cccc(Cn2cc(NC(=O)c3ccc(Br)cc3)cn2)c1. The van der Waals surface area contributed by atoms with Crippen molar-refractivity contribution in [3.8, 4) is 0 Å². The van der Waals surface area contributed by atoms with Crippen LogP contribution in [0.25, 0.3) is 0 Å². The normalized spacial score (nSPS) is 10.5. The van der Waals surface area contributed by atoms with E-state index in [0.29, 0.717) is 17.8 Å². The van der Waals surface area contributed by atoms with E-state index in [4.69, 9.17) is 0 Å². The minimum atomic E-state index is -0.146. The Morgan fingerprint density at radius 2 is 2.00 bits per heavy atom. The van der Waals surface area contributed by atoms with Crippen molar-refractivity contribution >= 4 is 27.5 Å². The maximum atomic E-state index is 12.2. The third-order valence-corrected chi connectivity index (χ3v) is 3.95. The van der Waals surface area contributed by atoms with Crippen LogP contribution in [-0.4, -0.2) is 15.7 Å². The number of nitrogens with zero attached hydrogens (tertiary/aromatic N) is 2. The average molecular weight is 370 g/mol. The topological polar surface area (TPSA) is 46.9 Å². The molecule has 1 amide bonds. The molecule has 0 aliphatic heterocycles. The van der Waals surface area contributed by atoms with Crippen molar-refractivity contribution in [2.45, 2.75) is 13.5 Å². The molecular formula is C18H16BrN3O. The third-order valence-electron chi connectivity index (χ3n) is 3.42. The highest BCUT2D eigenvalue weighted by Gasteiger charge is 2.07. The number of hydrogen-bond donors (Lipinski definition) is 1. The number of hydrogen-bond acceptors (Lipinski definition) is 2. The van der Waals surface area contributed by atoms with Crippen molar-refractivity contribution in [1.29, 1.82) is 0 Å². The second-order valence-corrected chi connectivity index (χ2v) is 6.29. The van der Waals surface area contributed by atoms with Crippen molar-refractivity contribution in [3.05, 3.63) is 82.1 Å². The van der Waals surface area contributed by atoms with Gasteiger partial charge in [-0.15, -0.1) is 0 Å². The van der Waals surface area contributed by atoms with Gasteiger partial charge in [0.2, 0.25) is 0 Å². The molecule has 0 unspecified atom stereocenters. The number of carbonyl (C=O) groups is 1. The summed E-state index contributed by atoms with van der Waals surface area (Å²) in [6.07, 6.45) is 3.49. The van der Waals surface area contributed by atoms with Crippen molar-refractivity contribution in [3.63, 3.8) is 0 Å². The molecule has 3 aromatic rings. The molecular weight excluding hydrogens is 354 g/mol. The molecule has 0 saturated heterocycles. The maximum absolute atomic E-state index is 12.2. The molecule has 0 aliphatic carbocycles. The highest BCUT2D eigenvalue weighted by molar-refractivity contribution is 9.10. The van der Waals surface area contributed by atoms with Crippen LogP contribution >= 0.6 is 15.9 Å². The molecule has 1 heterocycles. The molecule has 116 valence electrons. The molecule has 1 N–H and O–H groups in total. The minimum Gasteiger partial charge on any atom is -0.319 e. The van der Waals surface area contributed by atoms with Crippen LogP contribution in [0.1, 0.15) is 21.5 Å². The van der Waals surface area contributed by atoms with Crippen molar-refractivity contribution < 1.29 is 4.79 Å². The van der Waals surface area contributed by atoms with Crippen LogP contribution in [0.15, 0.2) is 65.4 Å². The van der Waals surface area contributed by atoms with Gasteiger partial charge in [-0.2, -0.15) is 5.10 Å². The highest BCUT2D eigenvalue weighted by Crippen LogP contribution is 2.13. The van der Waals surface area contributed by atoms with E-state index in [-0.39, 0.29) is 5.91 Å². The van der Waals surface area contributed by atoms with E-state index in [1.54, 1.807) is 18.3 Å². The zero-order valence-electron chi connectivity index (χ0n) is 12.7. The second kappa shape index (κ2) is 6.79. The first-order valence-corrected chi connectivity index (χ1v) is 8.04. The number of halogens is 1. The summed E-state index contributed by atoms with van der Waals surface area (Å²) in [4.78, 5) is 12.2. The predicted molar refractivity (Wildman–Crippen MR) is 94.6 cm³/mol. The van der Waals surface area contributed by atoms with Crippen LogP contribution in [0.4, 0.5) is 5.69 Å². The molecule has 5 heteroatoms. The maximum Gasteiger partial charge on any atom is 0.255 e. The van der Waals surface area contributed by atoms with E-state index in [9.17, 15) is 4.79 Å². The van der Waals surface area contributed by atoms with Gasteiger partial charge in [-0.25, -0.2) is 0 Å². The molecule has 0 aliphatic rings. The van der Waals surface area contributed by atoms with Gasteiger partial charge in [0.1, 0.15) is 0 Å². The standard InChI is InChI=1S/C18H16BrN3O/c1-13-3-2-4-14(9-13)11-22-12-17(10-20-22)21-18(23)15-5-7-16(19)8-6-15/h2-10,12H,11H2,1H3,(H,21,23). The van der Waals surface area contributed by atoms with E-state index in [1.165, 1.54) is 11.1 Å². The summed E-state index contributed by atoms with van der Waals surface area (Å²) >= 11 is 3.36. The first kappa shape index (κ1) is 15.5. The van der Waals surface area contributed by atoms with E-state index < -0.39 is 0 Å². The smallest absolute Gasteiger partial charge is 0.255 e. The van der Waals surface area contributed by atoms with Crippen LogP contribution in [0, 0.1) is 6.92 Å². The summed E-state index contributed by atoms with van der Waals surface area (Å²) in [5, 5.41) is 7.15. The minimum absolute atomic E-state index is 0.146. The number of amides is 1. The zero-order valence-corrected chi connectivity index (χ0v) is 14.2. The number of aromatic nitrogens is 2. The number of rotatable bonds is 4. The molecule has 0 atom stereocenters. The molecule has 0 spiro atoms. The van der Waals surface area contributed by atoms with E-state index in [0.717, 1.165) is 4.47 Å². The van der Waals surface area contributed by atoms with Crippen LogP contribution in [-0.2, 0) is 6.54 Å². The molecule has 1 aromatic heterocycles. The Labute approximate surface area is 143 Å². The summed E-state index contributed by atoms with van der Waals surface area (Å²) in [6, 6.07) is 15.5. The summed E-state index contributed by atoms with van der Waals surface area (Å²) in [5.74, 6) is -0.146. The Hall–Kier alpha value is -2.40. The summed E-state index contributed by atoms with van der Waals surface area (Å²) in [5.41, 5.74) is 3.70. The Kier molecular flexibility index (Phi) is 4.57. The molecule has 0 radical (unpaired) electrons. The lowest BCUT2D eigenvalue weighted by molar-refractivity contribution is 0.102. The van der Waals surface area contributed by atoms with Gasteiger partial charge in [0, 0.05) is 16.2 Å². The number of nitrogens with one attached hydrogen (secondary N) is 1. The van der Waals surface area contributed by atoms with Crippen LogP contribution in [0.5, 0.6) is 0 Å². The molecule has 0 fully saturated rings. The first-order valence-electron chi connectivity index (χ1n) is 7.25. The fourth-order valence-corrected chi connectivity index (χ4v) is 2.58. The zero-order chi connectivity index (χ0) is 16.2. The Morgan fingerprint density at radius 1 is 1.22 bits per heavy atom. The third kappa shape index (κ3) is 4.07. The fraction of sp³-hybridized carbons (Fsp3) is 0.111. The lowest BCUT2D eigenvalue weighted by atomic mass is 10.1. The molecule has 23 heavy (non-hydrogen) atoms. The van der Waals surface area contributed by atoms with Crippen LogP contribution in [0.3, 0.4) is 0 Å². The average Bonchev–Trinajstić information content (AvgIpc) is 2.95. The first-order chi connectivity index (χ1) is 11.1. The monoisotopic (exact) mass is 369 g/mol. The quantitative estimate of drug-likeness (QED) is 0.746. The Morgan fingerprint density at radius 3 is 2.74 bits per heavy atom. The van der Waals surface area contributed by atoms with E-state index in [1.807, 2.05) is 29.1 Å². The number of carbonyl (C=O) groups excluding carboxylic acids is 1. The number of benzene rings is 2. The van der Waals surface area contributed by atoms with Crippen molar-refractivity contribution in [1.82, 2.24) is 9.78 Å². The predicted octanol–water partition coefficient (Wildman–Crippen LogP) is 4.25. The lowest BCUT2D eigenvalue weighted by Crippen LogP contribution is -2.11. The van der Waals surface area contributed by atoms with Crippen molar-refractivity contribution in [2.24, 2.45) is 0 Å². The van der Waals surface area contributed by atoms with Crippen LogP contribution in [0.2, 0.25) is 0 Å². The van der Waals surface area contributed by atoms with Gasteiger partial charge in [-0.1, -0.05) is 45.8 Å². The van der Waals surface area contributed by atoms with Gasteiger partial charge in [0.15, 0.2) is 0 Å². The fourth-order valence-electron chi connectivity index (χ4n) is 2.32. The number of anilines is 1. The Bertz CT molecular complexity index is 824. The van der Waals surface area contributed by atoms with Gasteiger partial charge in [-0.3, -0.25) is 9.48 Å². The highest BCUT2D eigenvalue weighted by atomic mass is 79.9. The molecule has 4 nitrogen and oxygen atoms in total. The van der Waals surface area contributed by atoms with Crippen molar-refractivity contribution in [2.75, 3.05) is 5.32 Å². The summed E-state index contributed by atoms with van der Waals surface area (Å²) in [6.45, 7) is 2.74. The number of aryl methyl sites for hydroxylation is 1. The van der Waals surface area contributed by atoms with E-state index in [2.05, 4.69) is 51.5 Å². The molecule has 2 aromatic carbocycles. The molecule has 0 saturated carbocycles. The second-order valence-electron chi connectivity index (χ2n) is 5.38. The lowest BCUT2D eigenvalue weighted by Gasteiger charge is -2.04. The van der Waals surface area contributed by atoms with Gasteiger partial charge >= 0.3 is 0 Å². The Balaban J connectivity index is 1.67. The molecule has 0 bridgehead atoms. The summed E-state index contributed by atoms with van der Waals surface area (Å²) < 4.78 is 2.76. The van der Waals surface area contributed by atoms with Gasteiger partial charge in [0.05, 0.1) is 18.4 Å².